The number of amides is 2. The quantitative estimate of drug-likeness (QED) is 0.639. The topological polar surface area (TPSA) is 54.5 Å². The van der Waals surface area contributed by atoms with Crippen molar-refractivity contribution in [3.8, 4) is 0 Å². The van der Waals surface area contributed by atoms with Gasteiger partial charge >= 0.3 is 0 Å². The van der Waals surface area contributed by atoms with Crippen molar-refractivity contribution in [3.05, 3.63) is 65.2 Å². The molecule has 2 rings (SSSR count). The van der Waals surface area contributed by atoms with Crippen LogP contribution in [-0.2, 0) is 4.79 Å². The summed E-state index contributed by atoms with van der Waals surface area (Å²) >= 11 is 0. The third kappa shape index (κ3) is 3.23. The molecule has 0 spiro atoms. The Labute approximate surface area is 123 Å². The van der Waals surface area contributed by atoms with Gasteiger partial charge in [-0.05, 0) is 38.1 Å². The average molecular weight is 281 g/mol. The average Bonchev–Trinajstić information content (AvgIpc) is 2.50. The van der Waals surface area contributed by atoms with E-state index in [-0.39, 0.29) is 5.78 Å². The molecule has 4 heteroatoms. The Balaban J connectivity index is 2.29. The first-order valence-corrected chi connectivity index (χ1v) is 6.49. The van der Waals surface area contributed by atoms with E-state index < -0.39 is 5.91 Å². The lowest BCUT2D eigenvalue weighted by Crippen LogP contribution is -2.29. The first-order chi connectivity index (χ1) is 10.0. The van der Waals surface area contributed by atoms with Crippen molar-refractivity contribution in [2.24, 2.45) is 0 Å². The van der Waals surface area contributed by atoms with Crippen LogP contribution in [0.3, 0.4) is 0 Å². The van der Waals surface area contributed by atoms with Gasteiger partial charge in [-0.25, -0.2) is 4.90 Å². The Hall–Kier alpha value is -2.75. The molecule has 0 aliphatic carbocycles. The highest BCUT2D eigenvalue weighted by atomic mass is 16.2. The van der Waals surface area contributed by atoms with Crippen molar-refractivity contribution in [1.82, 2.24) is 0 Å². The van der Waals surface area contributed by atoms with Gasteiger partial charge in [-0.1, -0.05) is 29.8 Å². The number of benzene rings is 2. The van der Waals surface area contributed by atoms with E-state index in [0.717, 1.165) is 10.5 Å². The van der Waals surface area contributed by atoms with E-state index in [0.29, 0.717) is 23.2 Å². The maximum atomic E-state index is 12.4. The fraction of sp³-hybridized carbons (Fsp3) is 0.118. The number of anilines is 1. The molecule has 0 atom stereocenters. The lowest BCUT2D eigenvalue weighted by molar-refractivity contribution is -0.106. The van der Waals surface area contributed by atoms with Crippen molar-refractivity contribution in [3.63, 3.8) is 0 Å². The zero-order chi connectivity index (χ0) is 15.4. The van der Waals surface area contributed by atoms with Crippen LogP contribution in [0.25, 0.3) is 0 Å². The molecule has 4 nitrogen and oxygen atoms in total. The number of aryl methyl sites for hydroxylation is 1. The van der Waals surface area contributed by atoms with Crippen molar-refractivity contribution < 1.29 is 14.4 Å². The number of Topliss-reactive ketones (excluding diaryl/α,β-unsaturated/α-hetero) is 1. The van der Waals surface area contributed by atoms with Crippen LogP contribution in [0.15, 0.2) is 48.5 Å². The monoisotopic (exact) mass is 281 g/mol. The summed E-state index contributed by atoms with van der Waals surface area (Å²) < 4.78 is 0. The molecule has 2 aromatic carbocycles. The van der Waals surface area contributed by atoms with Crippen LogP contribution >= 0.6 is 0 Å². The number of nitrogens with zero attached hydrogens (tertiary/aromatic N) is 1. The van der Waals surface area contributed by atoms with Gasteiger partial charge in [-0.3, -0.25) is 14.4 Å². The molecular weight excluding hydrogens is 266 g/mol. The molecule has 0 saturated carbocycles. The maximum Gasteiger partial charge on any atom is 0.264 e. The van der Waals surface area contributed by atoms with Crippen LogP contribution in [0.5, 0.6) is 0 Å². The van der Waals surface area contributed by atoms with Gasteiger partial charge in [0.2, 0.25) is 6.41 Å². The number of hydrogen-bond acceptors (Lipinski definition) is 3. The zero-order valence-electron chi connectivity index (χ0n) is 11.9. The molecule has 0 aromatic heterocycles. The number of ketones is 1. The molecule has 0 aliphatic rings. The van der Waals surface area contributed by atoms with E-state index >= 15 is 0 Å². The van der Waals surface area contributed by atoms with Gasteiger partial charge in [0.1, 0.15) is 0 Å². The minimum Gasteiger partial charge on any atom is -0.295 e. The highest BCUT2D eigenvalue weighted by Crippen LogP contribution is 2.17. The van der Waals surface area contributed by atoms with E-state index in [2.05, 4.69) is 0 Å². The second-order valence-electron chi connectivity index (χ2n) is 4.75. The van der Waals surface area contributed by atoms with E-state index in [1.807, 2.05) is 19.1 Å². The summed E-state index contributed by atoms with van der Waals surface area (Å²) in [6, 6.07) is 13.3. The fourth-order valence-corrected chi connectivity index (χ4v) is 1.92. The van der Waals surface area contributed by atoms with Crippen LogP contribution in [0.1, 0.15) is 33.2 Å². The highest BCUT2D eigenvalue weighted by molar-refractivity contribution is 6.15. The van der Waals surface area contributed by atoms with E-state index in [1.165, 1.54) is 6.92 Å². The minimum atomic E-state index is -0.427. The molecule has 0 unspecified atom stereocenters. The maximum absolute atomic E-state index is 12.4. The van der Waals surface area contributed by atoms with Crippen LogP contribution in [0.2, 0.25) is 0 Å². The molecule has 2 aromatic rings. The van der Waals surface area contributed by atoms with Gasteiger partial charge in [-0.15, -0.1) is 0 Å². The zero-order valence-corrected chi connectivity index (χ0v) is 11.9. The predicted octanol–water partition coefficient (Wildman–Crippen LogP) is 3.00. The van der Waals surface area contributed by atoms with E-state index in [4.69, 9.17) is 0 Å². The molecule has 21 heavy (non-hydrogen) atoms. The molecule has 0 N–H and O–H groups in total. The van der Waals surface area contributed by atoms with Crippen molar-refractivity contribution in [2.75, 3.05) is 4.90 Å². The number of rotatable bonds is 4. The smallest absolute Gasteiger partial charge is 0.264 e. The van der Waals surface area contributed by atoms with Gasteiger partial charge in [0.05, 0.1) is 5.69 Å². The third-order valence-electron chi connectivity index (χ3n) is 3.17. The standard InChI is InChI=1S/C17H15NO3/c1-12-3-9-16(10-4-12)18(11-19)17(21)15-7-5-14(6-8-15)13(2)20/h3-11H,1-2H3. The van der Waals surface area contributed by atoms with Crippen molar-refractivity contribution in [1.29, 1.82) is 0 Å². The molecular formula is C17H15NO3. The van der Waals surface area contributed by atoms with Gasteiger partial charge < -0.3 is 0 Å². The van der Waals surface area contributed by atoms with Crippen LogP contribution in [0.4, 0.5) is 5.69 Å². The summed E-state index contributed by atoms with van der Waals surface area (Å²) in [6.07, 6.45) is 0.492. The molecule has 0 fully saturated rings. The lowest BCUT2D eigenvalue weighted by Gasteiger charge is -2.16. The minimum absolute atomic E-state index is 0.0697. The molecule has 0 aliphatic heterocycles. The summed E-state index contributed by atoms with van der Waals surface area (Å²) in [5, 5.41) is 0. The highest BCUT2D eigenvalue weighted by Gasteiger charge is 2.17. The molecule has 106 valence electrons. The molecule has 0 radical (unpaired) electrons. The van der Waals surface area contributed by atoms with Gasteiger partial charge in [0, 0.05) is 11.1 Å². The second kappa shape index (κ2) is 6.13. The number of carbonyl (C=O) groups is 3. The summed E-state index contributed by atoms with van der Waals surface area (Å²) in [5.74, 6) is -0.497. The number of carbonyl (C=O) groups excluding carboxylic acids is 3. The summed E-state index contributed by atoms with van der Waals surface area (Å²) in [7, 11) is 0. The van der Waals surface area contributed by atoms with Gasteiger partial charge in [0.25, 0.3) is 5.91 Å². The van der Waals surface area contributed by atoms with Crippen molar-refractivity contribution in [2.45, 2.75) is 13.8 Å². The van der Waals surface area contributed by atoms with Crippen LogP contribution in [0, 0.1) is 6.92 Å². The van der Waals surface area contributed by atoms with Crippen LogP contribution in [-0.4, -0.2) is 18.1 Å². The number of imide groups is 1. The Morgan fingerprint density at radius 2 is 1.43 bits per heavy atom. The molecule has 0 saturated heterocycles. The Morgan fingerprint density at radius 3 is 1.90 bits per heavy atom. The molecule has 2 amide bonds. The summed E-state index contributed by atoms with van der Waals surface area (Å²) in [4.78, 5) is 35.8. The fourth-order valence-electron chi connectivity index (χ4n) is 1.92. The first-order valence-electron chi connectivity index (χ1n) is 6.49. The van der Waals surface area contributed by atoms with Gasteiger partial charge in [0.15, 0.2) is 5.78 Å². The van der Waals surface area contributed by atoms with E-state index in [9.17, 15) is 14.4 Å². The first kappa shape index (κ1) is 14.7. The number of hydrogen-bond donors (Lipinski definition) is 0. The van der Waals surface area contributed by atoms with Crippen molar-refractivity contribution >= 4 is 23.8 Å². The Kier molecular flexibility index (Phi) is 4.28. The molecule has 0 bridgehead atoms. The summed E-state index contributed by atoms with van der Waals surface area (Å²) in [6.45, 7) is 3.39. The van der Waals surface area contributed by atoms with E-state index in [1.54, 1.807) is 36.4 Å². The second-order valence-corrected chi connectivity index (χ2v) is 4.75. The largest absolute Gasteiger partial charge is 0.295 e. The SMILES string of the molecule is CC(=O)c1ccc(C(=O)N(C=O)c2ccc(C)cc2)cc1. The predicted molar refractivity (Wildman–Crippen MR) is 80.5 cm³/mol. The summed E-state index contributed by atoms with van der Waals surface area (Å²) in [5.41, 5.74) is 2.44. The molecule has 0 heterocycles. The lowest BCUT2D eigenvalue weighted by atomic mass is 10.1. The van der Waals surface area contributed by atoms with Gasteiger partial charge in [-0.2, -0.15) is 0 Å². The van der Waals surface area contributed by atoms with Crippen LogP contribution < -0.4 is 4.90 Å². The Morgan fingerprint density at radius 1 is 0.905 bits per heavy atom. The third-order valence-corrected chi connectivity index (χ3v) is 3.17. The Bertz CT molecular complexity index is 672. The normalized spacial score (nSPS) is 10.0.